The average Bonchev–Trinajstić information content (AvgIpc) is 3.11. The Morgan fingerprint density at radius 3 is 2.58 bits per heavy atom. The number of hydrogen-bond acceptors (Lipinski definition) is 3. The maximum atomic E-state index is 12.4. The average molecular weight is 303 g/mol. The summed E-state index contributed by atoms with van der Waals surface area (Å²) in [5, 5.41) is 0.239. The Kier molecular flexibility index (Phi) is 3.93. The van der Waals surface area contributed by atoms with Gasteiger partial charge in [-0.25, -0.2) is 13.1 Å². The van der Waals surface area contributed by atoms with Gasteiger partial charge in [0.05, 0.1) is 5.02 Å². The van der Waals surface area contributed by atoms with Crippen molar-refractivity contribution in [3.05, 3.63) is 28.8 Å². The van der Waals surface area contributed by atoms with E-state index in [1.54, 1.807) is 12.1 Å². The third-order valence-corrected chi connectivity index (χ3v) is 5.74. The van der Waals surface area contributed by atoms with Gasteiger partial charge in [-0.05, 0) is 50.3 Å². The first-order valence-corrected chi connectivity index (χ1v) is 8.15. The van der Waals surface area contributed by atoms with E-state index < -0.39 is 15.6 Å². The second kappa shape index (κ2) is 5.05. The molecule has 0 aliphatic heterocycles. The second-order valence-electron chi connectivity index (χ2n) is 5.44. The van der Waals surface area contributed by atoms with Crippen molar-refractivity contribution in [3.8, 4) is 0 Å². The highest BCUT2D eigenvalue weighted by Crippen LogP contribution is 2.40. The molecule has 1 atom stereocenters. The van der Waals surface area contributed by atoms with Crippen molar-refractivity contribution in [1.29, 1.82) is 0 Å². The van der Waals surface area contributed by atoms with Crippen molar-refractivity contribution in [3.63, 3.8) is 0 Å². The molecule has 0 radical (unpaired) electrons. The van der Waals surface area contributed by atoms with Crippen molar-refractivity contribution < 1.29 is 8.42 Å². The number of nitrogens with one attached hydrogen (secondary N) is 1. The van der Waals surface area contributed by atoms with E-state index in [4.69, 9.17) is 17.3 Å². The van der Waals surface area contributed by atoms with Gasteiger partial charge in [0.15, 0.2) is 0 Å². The fourth-order valence-corrected chi connectivity index (χ4v) is 4.27. The van der Waals surface area contributed by atoms with Crippen LogP contribution in [0.15, 0.2) is 23.1 Å². The molecule has 3 N–H and O–H groups in total. The molecule has 1 fully saturated rings. The Hall–Kier alpha value is -0.620. The molecule has 1 saturated carbocycles. The molecule has 1 aliphatic rings. The molecule has 0 bridgehead atoms. The molecule has 1 aliphatic carbocycles. The summed E-state index contributed by atoms with van der Waals surface area (Å²) in [6.07, 6.45) is 2.02. The Morgan fingerprint density at radius 1 is 1.47 bits per heavy atom. The number of benzene rings is 1. The van der Waals surface area contributed by atoms with Gasteiger partial charge in [-0.3, -0.25) is 0 Å². The summed E-state index contributed by atoms with van der Waals surface area (Å²) in [5.41, 5.74) is 6.07. The van der Waals surface area contributed by atoms with Crippen LogP contribution in [0.5, 0.6) is 0 Å². The van der Waals surface area contributed by atoms with Gasteiger partial charge in [0.2, 0.25) is 10.0 Å². The van der Waals surface area contributed by atoms with Crippen molar-refractivity contribution in [1.82, 2.24) is 4.72 Å². The quantitative estimate of drug-likeness (QED) is 0.874. The van der Waals surface area contributed by atoms with Crippen molar-refractivity contribution in [2.24, 2.45) is 11.7 Å². The number of aryl methyl sites for hydroxylation is 1. The van der Waals surface area contributed by atoms with Crippen LogP contribution in [-0.2, 0) is 10.0 Å². The van der Waals surface area contributed by atoms with Gasteiger partial charge >= 0.3 is 0 Å². The minimum absolute atomic E-state index is 0.111. The Labute approximate surface area is 119 Å². The Balaban J connectivity index is 2.32. The van der Waals surface area contributed by atoms with E-state index in [1.165, 1.54) is 6.07 Å². The first-order valence-electron chi connectivity index (χ1n) is 6.29. The summed E-state index contributed by atoms with van der Waals surface area (Å²) in [5.74, 6) is 0.316. The van der Waals surface area contributed by atoms with E-state index in [1.807, 2.05) is 13.8 Å². The highest BCUT2D eigenvalue weighted by molar-refractivity contribution is 7.89. The molecule has 0 saturated heterocycles. The van der Waals surface area contributed by atoms with Crippen molar-refractivity contribution >= 4 is 21.6 Å². The number of sulfonamides is 1. The van der Waals surface area contributed by atoms with Crippen LogP contribution in [0, 0.1) is 12.8 Å². The molecule has 4 nitrogen and oxygen atoms in total. The van der Waals surface area contributed by atoms with Crippen LogP contribution in [0.25, 0.3) is 0 Å². The van der Waals surface area contributed by atoms with Crippen molar-refractivity contribution in [2.75, 3.05) is 6.54 Å². The van der Waals surface area contributed by atoms with Crippen LogP contribution in [0.4, 0.5) is 0 Å². The lowest BCUT2D eigenvalue weighted by molar-refractivity contribution is 0.374. The number of hydrogen-bond donors (Lipinski definition) is 2. The summed E-state index contributed by atoms with van der Waals surface area (Å²) < 4.78 is 27.6. The Bertz CT molecular complexity index is 584. The fourth-order valence-electron chi connectivity index (χ4n) is 2.20. The molecule has 6 heteroatoms. The van der Waals surface area contributed by atoms with E-state index >= 15 is 0 Å². The fraction of sp³-hybridized carbons (Fsp3) is 0.538. The molecule has 19 heavy (non-hydrogen) atoms. The SMILES string of the molecule is Cc1ccc(S(=O)(=O)NC(C)(CN)C2CC2)c(Cl)c1. The zero-order valence-electron chi connectivity index (χ0n) is 11.1. The highest BCUT2D eigenvalue weighted by atomic mass is 35.5. The van der Waals surface area contributed by atoms with E-state index in [0.29, 0.717) is 5.92 Å². The van der Waals surface area contributed by atoms with Gasteiger partial charge in [-0.2, -0.15) is 0 Å². The largest absolute Gasteiger partial charge is 0.329 e. The van der Waals surface area contributed by atoms with E-state index in [2.05, 4.69) is 4.72 Å². The summed E-state index contributed by atoms with van der Waals surface area (Å²) in [7, 11) is -3.64. The van der Waals surface area contributed by atoms with Crippen LogP contribution in [0.3, 0.4) is 0 Å². The molecular formula is C13H19ClN2O2S. The topological polar surface area (TPSA) is 72.2 Å². The molecule has 1 aromatic carbocycles. The summed E-state index contributed by atoms with van der Waals surface area (Å²) in [6, 6.07) is 4.91. The van der Waals surface area contributed by atoms with Crippen LogP contribution < -0.4 is 10.5 Å². The third kappa shape index (κ3) is 3.11. The van der Waals surface area contributed by atoms with E-state index in [0.717, 1.165) is 18.4 Å². The zero-order chi connectivity index (χ0) is 14.3. The van der Waals surface area contributed by atoms with Gasteiger partial charge in [-0.1, -0.05) is 17.7 Å². The predicted molar refractivity (Wildman–Crippen MR) is 76.7 cm³/mol. The van der Waals surface area contributed by atoms with Crippen LogP contribution >= 0.6 is 11.6 Å². The minimum atomic E-state index is -3.64. The predicted octanol–water partition coefficient (Wildman–Crippen LogP) is 2.05. The molecule has 0 spiro atoms. The van der Waals surface area contributed by atoms with Crippen molar-refractivity contribution in [2.45, 2.75) is 37.1 Å². The summed E-state index contributed by atoms with van der Waals surface area (Å²) in [6.45, 7) is 3.99. The van der Waals surface area contributed by atoms with Gasteiger partial charge in [0.25, 0.3) is 0 Å². The highest BCUT2D eigenvalue weighted by Gasteiger charge is 2.43. The molecule has 0 aromatic heterocycles. The molecule has 0 heterocycles. The molecule has 1 unspecified atom stereocenters. The zero-order valence-corrected chi connectivity index (χ0v) is 12.7. The second-order valence-corrected chi connectivity index (χ2v) is 7.49. The van der Waals surface area contributed by atoms with Gasteiger partial charge in [-0.15, -0.1) is 0 Å². The molecule has 0 amide bonds. The lowest BCUT2D eigenvalue weighted by atomic mass is 9.98. The first-order chi connectivity index (χ1) is 8.78. The molecular weight excluding hydrogens is 284 g/mol. The summed E-state index contributed by atoms with van der Waals surface area (Å²) in [4.78, 5) is 0.111. The van der Waals surface area contributed by atoms with Crippen LogP contribution in [0.2, 0.25) is 5.02 Å². The first kappa shape index (κ1) is 14.8. The van der Waals surface area contributed by atoms with E-state index in [-0.39, 0.29) is 16.5 Å². The molecule has 106 valence electrons. The summed E-state index contributed by atoms with van der Waals surface area (Å²) >= 11 is 6.03. The monoisotopic (exact) mass is 302 g/mol. The standard InChI is InChI=1S/C13H19ClN2O2S/c1-9-3-6-12(11(14)7-9)19(17,18)16-13(2,8-15)10-4-5-10/h3,6-7,10,16H,4-5,8,15H2,1-2H3. The lowest BCUT2D eigenvalue weighted by Crippen LogP contribution is -2.53. The third-order valence-electron chi connectivity index (χ3n) is 3.65. The number of nitrogens with two attached hydrogens (primary N) is 1. The van der Waals surface area contributed by atoms with E-state index in [9.17, 15) is 8.42 Å². The number of halogens is 1. The van der Waals surface area contributed by atoms with Gasteiger partial charge in [0, 0.05) is 12.1 Å². The molecule has 1 aromatic rings. The maximum absolute atomic E-state index is 12.4. The smallest absolute Gasteiger partial charge is 0.242 e. The minimum Gasteiger partial charge on any atom is -0.329 e. The maximum Gasteiger partial charge on any atom is 0.242 e. The van der Waals surface area contributed by atoms with Gasteiger partial charge in [0.1, 0.15) is 4.90 Å². The number of rotatable bonds is 5. The lowest BCUT2D eigenvalue weighted by Gasteiger charge is -2.29. The molecule has 2 rings (SSSR count). The van der Waals surface area contributed by atoms with Crippen LogP contribution in [0.1, 0.15) is 25.3 Å². The Morgan fingerprint density at radius 2 is 2.11 bits per heavy atom. The van der Waals surface area contributed by atoms with Crippen LogP contribution in [-0.4, -0.2) is 20.5 Å². The normalized spacial score (nSPS) is 19.2. The van der Waals surface area contributed by atoms with Gasteiger partial charge < -0.3 is 5.73 Å².